The first-order valence-electron chi connectivity index (χ1n) is 6.91. The molecule has 1 aromatic carbocycles. The summed E-state index contributed by atoms with van der Waals surface area (Å²) in [6.07, 6.45) is 4.00. The second-order valence-electron chi connectivity index (χ2n) is 5.47. The summed E-state index contributed by atoms with van der Waals surface area (Å²) in [5.41, 5.74) is 3.10. The van der Waals surface area contributed by atoms with Crippen LogP contribution in [0.3, 0.4) is 0 Å². The smallest absolute Gasteiger partial charge is 0.0236 e. The molecule has 0 aromatic heterocycles. The lowest BCUT2D eigenvalue weighted by atomic mass is 9.95. The molecule has 2 aliphatic rings. The third-order valence-corrected chi connectivity index (χ3v) is 4.13. The molecule has 1 saturated heterocycles. The molecule has 3 rings (SSSR count). The lowest BCUT2D eigenvalue weighted by molar-refractivity contribution is 0.194. The third-order valence-electron chi connectivity index (χ3n) is 4.13. The zero-order valence-electron chi connectivity index (χ0n) is 10.5. The van der Waals surface area contributed by atoms with Gasteiger partial charge in [0.2, 0.25) is 0 Å². The largest absolute Gasteiger partial charge is 0.316 e. The molecular formula is C15H22N2. The van der Waals surface area contributed by atoms with Crippen LogP contribution in [0.4, 0.5) is 0 Å². The summed E-state index contributed by atoms with van der Waals surface area (Å²) in [5.74, 6) is 0.869. The zero-order chi connectivity index (χ0) is 11.5. The summed E-state index contributed by atoms with van der Waals surface area (Å²) in [6, 6.07) is 8.92. The molecule has 1 aromatic rings. The van der Waals surface area contributed by atoms with Crippen molar-refractivity contribution in [2.24, 2.45) is 5.92 Å². The minimum absolute atomic E-state index is 0.869. The summed E-state index contributed by atoms with van der Waals surface area (Å²) in [4.78, 5) is 2.64. The fourth-order valence-electron chi connectivity index (χ4n) is 3.15. The van der Waals surface area contributed by atoms with E-state index in [4.69, 9.17) is 0 Å². The van der Waals surface area contributed by atoms with Gasteiger partial charge in [-0.15, -0.1) is 0 Å². The fraction of sp³-hybridized carbons (Fsp3) is 0.600. The second-order valence-corrected chi connectivity index (χ2v) is 5.47. The number of nitrogens with one attached hydrogen (secondary N) is 1. The third kappa shape index (κ3) is 2.70. The molecule has 1 atom stereocenters. The average molecular weight is 230 g/mol. The maximum absolute atomic E-state index is 3.52. The summed E-state index contributed by atoms with van der Waals surface area (Å²) >= 11 is 0. The van der Waals surface area contributed by atoms with Gasteiger partial charge < -0.3 is 5.32 Å². The van der Waals surface area contributed by atoms with Gasteiger partial charge in [-0.3, -0.25) is 4.90 Å². The van der Waals surface area contributed by atoms with Gasteiger partial charge in [0.1, 0.15) is 0 Å². The molecule has 0 unspecified atom stereocenters. The Bertz CT molecular complexity index is 369. The van der Waals surface area contributed by atoms with E-state index in [0.29, 0.717) is 0 Å². The molecule has 17 heavy (non-hydrogen) atoms. The van der Waals surface area contributed by atoms with Crippen molar-refractivity contribution >= 4 is 0 Å². The number of rotatable bonds is 2. The Labute approximate surface area is 104 Å². The number of hydrogen-bond donors (Lipinski definition) is 1. The van der Waals surface area contributed by atoms with Crippen LogP contribution in [-0.2, 0) is 13.0 Å². The summed E-state index contributed by atoms with van der Waals surface area (Å²) in [5, 5.41) is 3.52. The van der Waals surface area contributed by atoms with Gasteiger partial charge >= 0.3 is 0 Å². The van der Waals surface area contributed by atoms with Gasteiger partial charge in [0.05, 0.1) is 0 Å². The van der Waals surface area contributed by atoms with E-state index in [1.807, 2.05) is 0 Å². The van der Waals surface area contributed by atoms with Crippen molar-refractivity contribution in [3.05, 3.63) is 35.4 Å². The van der Waals surface area contributed by atoms with E-state index in [9.17, 15) is 0 Å². The maximum Gasteiger partial charge on any atom is 0.0236 e. The summed E-state index contributed by atoms with van der Waals surface area (Å²) in [7, 11) is 0. The standard InChI is InChI=1S/C15H22N2/c1-2-6-15-12-17(9-7-14(15)5-1)11-13-4-3-8-16-10-13/h1-2,5-6,13,16H,3-4,7-12H2/t13-/m1/s1. The quantitative estimate of drug-likeness (QED) is 0.836. The zero-order valence-corrected chi connectivity index (χ0v) is 10.5. The van der Waals surface area contributed by atoms with Gasteiger partial charge in [0, 0.05) is 19.6 Å². The van der Waals surface area contributed by atoms with Crippen molar-refractivity contribution in [2.75, 3.05) is 26.2 Å². The highest BCUT2D eigenvalue weighted by molar-refractivity contribution is 5.29. The Balaban J connectivity index is 1.60. The van der Waals surface area contributed by atoms with E-state index in [1.54, 1.807) is 11.1 Å². The van der Waals surface area contributed by atoms with Crippen LogP contribution in [0, 0.1) is 5.92 Å². The highest BCUT2D eigenvalue weighted by Crippen LogP contribution is 2.20. The van der Waals surface area contributed by atoms with Crippen LogP contribution in [0.1, 0.15) is 24.0 Å². The Hall–Kier alpha value is -0.860. The average Bonchev–Trinajstić information content (AvgIpc) is 2.40. The highest BCUT2D eigenvalue weighted by Gasteiger charge is 2.20. The SMILES string of the molecule is c1ccc2c(c1)CCN(C[C@@H]1CCCNC1)C2. The van der Waals surface area contributed by atoms with E-state index in [0.717, 1.165) is 12.5 Å². The molecule has 0 amide bonds. The minimum atomic E-state index is 0.869. The molecule has 2 heterocycles. The van der Waals surface area contributed by atoms with Crippen LogP contribution in [0.2, 0.25) is 0 Å². The first-order valence-corrected chi connectivity index (χ1v) is 6.91. The molecule has 0 radical (unpaired) electrons. The van der Waals surface area contributed by atoms with Crippen molar-refractivity contribution in [2.45, 2.75) is 25.8 Å². The van der Waals surface area contributed by atoms with Gasteiger partial charge in [0.15, 0.2) is 0 Å². The fourth-order valence-corrected chi connectivity index (χ4v) is 3.15. The van der Waals surface area contributed by atoms with Gasteiger partial charge in [-0.05, 0) is 49.4 Å². The lowest BCUT2D eigenvalue weighted by Crippen LogP contribution is -2.40. The molecule has 0 spiro atoms. The molecule has 2 heteroatoms. The van der Waals surface area contributed by atoms with Crippen LogP contribution in [0.15, 0.2) is 24.3 Å². The molecule has 0 saturated carbocycles. The normalized spacial score (nSPS) is 25.5. The number of hydrogen-bond acceptors (Lipinski definition) is 2. The van der Waals surface area contributed by atoms with Gasteiger partial charge in [-0.2, -0.15) is 0 Å². The van der Waals surface area contributed by atoms with Crippen molar-refractivity contribution in [1.82, 2.24) is 10.2 Å². The van der Waals surface area contributed by atoms with Crippen LogP contribution in [0.5, 0.6) is 0 Å². The number of benzene rings is 1. The van der Waals surface area contributed by atoms with Crippen molar-refractivity contribution in [3.63, 3.8) is 0 Å². The summed E-state index contributed by atoms with van der Waals surface area (Å²) < 4.78 is 0. The second kappa shape index (κ2) is 5.19. The van der Waals surface area contributed by atoms with Crippen LogP contribution < -0.4 is 5.32 Å². The van der Waals surface area contributed by atoms with Crippen LogP contribution >= 0.6 is 0 Å². The molecule has 0 aliphatic carbocycles. The number of piperidine rings is 1. The van der Waals surface area contributed by atoms with Gasteiger partial charge in [-0.1, -0.05) is 24.3 Å². The highest BCUT2D eigenvalue weighted by atomic mass is 15.1. The van der Waals surface area contributed by atoms with E-state index in [2.05, 4.69) is 34.5 Å². The van der Waals surface area contributed by atoms with Crippen molar-refractivity contribution in [1.29, 1.82) is 0 Å². The molecule has 2 aliphatic heterocycles. The van der Waals surface area contributed by atoms with E-state index >= 15 is 0 Å². The minimum Gasteiger partial charge on any atom is -0.316 e. The Kier molecular flexibility index (Phi) is 3.44. The maximum atomic E-state index is 3.52. The Morgan fingerprint density at radius 3 is 2.94 bits per heavy atom. The van der Waals surface area contributed by atoms with Crippen molar-refractivity contribution < 1.29 is 0 Å². The van der Waals surface area contributed by atoms with Gasteiger partial charge in [-0.25, -0.2) is 0 Å². The Morgan fingerprint density at radius 2 is 2.12 bits per heavy atom. The first-order chi connectivity index (χ1) is 8.42. The topological polar surface area (TPSA) is 15.3 Å². The van der Waals surface area contributed by atoms with E-state index < -0.39 is 0 Å². The number of fused-ring (bicyclic) bond motifs is 1. The summed E-state index contributed by atoms with van der Waals surface area (Å²) in [6.45, 7) is 6.12. The lowest BCUT2D eigenvalue weighted by Gasteiger charge is -2.33. The van der Waals surface area contributed by atoms with Crippen molar-refractivity contribution in [3.8, 4) is 0 Å². The van der Waals surface area contributed by atoms with Crippen LogP contribution in [-0.4, -0.2) is 31.1 Å². The van der Waals surface area contributed by atoms with E-state index in [1.165, 1.54) is 45.4 Å². The predicted octanol–water partition coefficient (Wildman–Crippen LogP) is 2.04. The van der Waals surface area contributed by atoms with Gasteiger partial charge in [0.25, 0.3) is 0 Å². The molecule has 0 bridgehead atoms. The molecular weight excluding hydrogens is 208 g/mol. The van der Waals surface area contributed by atoms with Crippen LogP contribution in [0.25, 0.3) is 0 Å². The first kappa shape index (κ1) is 11.2. The monoisotopic (exact) mass is 230 g/mol. The van der Waals surface area contributed by atoms with E-state index in [-0.39, 0.29) is 0 Å². The predicted molar refractivity (Wildman–Crippen MR) is 71.0 cm³/mol. The molecule has 1 N–H and O–H groups in total. The number of nitrogens with zero attached hydrogens (tertiary/aromatic N) is 1. The molecule has 1 fully saturated rings. The molecule has 92 valence electrons. The Morgan fingerprint density at radius 1 is 1.24 bits per heavy atom. The molecule has 2 nitrogen and oxygen atoms in total.